The monoisotopic (exact) mass is 241 g/mol. The summed E-state index contributed by atoms with van der Waals surface area (Å²) in [7, 11) is 2.15. The molecule has 0 bridgehead atoms. The van der Waals surface area contributed by atoms with Crippen LogP contribution in [0.15, 0.2) is 36.4 Å². The molecule has 1 heteroatoms. The molecule has 18 heavy (non-hydrogen) atoms. The molecule has 0 heterocycles. The second-order valence-corrected chi connectivity index (χ2v) is 5.98. The summed E-state index contributed by atoms with van der Waals surface area (Å²) in [5, 5.41) is 2.71. The van der Waals surface area contributed by atoms with Crippen LogP contribution in [0.5, 0.6) is 0 Å². The van der Waals surface area contributed by atoms with Crippen molar-refractivity contribution in [2.24, 2.45) is 0 Å². The summed E-state index contributed by atoms with van der Waals surface area (Å²) in [4.78, 5) is 2.29. The molecule has 0 atom stereocenters. The van der Waals surface area contributed by atoms with Gasteiger partial charge in [0.25, 0.3) is 0 Å². The smallest absolute Gasteiger partial charge is 0.0372 e. The largest absolute Gasteiger partial charge is 0.375 e. The molecule has 0 aliphatic heterocycles. The molecule has 0 aliphatic carbocycles. The van der Waals surface area contributed by atoms with E-state index < -0.39 is 0 Å². The quantitative estimate of drug-likeness (QED) is 0.743. The maximum Gasteiger partial charge on any atom is 0.0372 e. The molecule has 0 radical (unpaired) electrons. The lowest BCUT2D eigenvalue weighted by Gasteiger charge is -2.25. The summed E-state index contributed by atoms with van der Waals surface area (Å²) in [6.07, 6.45) is 0. The van der Waals surface area contributed by atoms with Crippen molar-refractivity contribution in [1.82, 2.24) is 0 Å². The van der Waals surface area contributed by atoms with Gasteiger partial charge in [-0.1, -0.05) is 45.0 Å². The zero-order valence-corrected chi connectivity index (χ0v) is 12.1. The summed E-state index contributed by atoms with van der Waals surface area (Å²) in [5.41, 5.74) is 2.90. The molecule has 0 N–H and O–H groups in total. The van der Waals surface area contributed by atoms with Gasteiger partial charge in [-0.3, -0.25) is 0 Å². The van der Waals surface area contributed by atoms with Gasteiger partial charge in [0.15, 0.2) is 0 Å². The van der Waals surface area contributed by atoms with Gasteiger partial charge in [-0.25, -0.2) is 0 Å². The fraction of sp³-hybridized carbons (Fsp3) is 0.412. The van der Waals surface area contributed by atoms with E-state index in [-0.39, 0.29) is 5.41 Å². The van der Waals surface area contributed by atoms with E-state index in [0.29, 0.717) is 0 Å². The fourth-order valence-corrected chi connectivity index (χ4v) is 2.32. The van der Waals surface area contributed by atoms with Gasteiger partial charge in [0.1, 0.15) is 0 Å². The van der Waals surface area contributed by atoms with Gasteiger partial charge in [-0.15, -0.1) is 0 Å². The minimum atomic E-state index is 0.171. The molecule has 0 unspecified atom stereocenters. The number of anilines is 1. The lowest BCUT2D eigenvalue weighted by Crippen LogP contribution is -2.18. The van der Waals surface area contributed by atoms with E-state index in [1.807, 2.05) is 0 Å². The molecule has 0 spiro atoms. The number of hydrogen-bond acceptors (Lipinski definition) is 1. The zero-order chi connectivity index (χ0) is 13.3. The van der Waals surface area contributed by atoms with Gasteiger partial charge in [0, 0.05) is 19.3 Å². The summed E-state index contributed by atoms with van der Waals surface area (Å²) < 4.78 is 0. The normalized spacial score (nSPS) is 11.8. The summed E-state index contributed by atoms with van der Waals surface area (Å²) in [6, 6.07) is 13.3. The van der Waals surface area contributed by atoms with E-state index in [4.69, 9.17) is 0 Å². The van der Waals surface area contributed by atoms with Crippen molar-refractivity contribution in [2.45, 2.75) is 33.1 Å². The first kappa shape index (κ1) is 12.9. The average Bonchev–Trinajstić information content (AvgIpc) is 2.35. The SMILES string of the molecule is CCN(C)c1cc(C(C)(C)C)c2ccccc2c1. The van der Waals surface area contributed by atoms with Crippen LogP contribution in [0.4, 0.5) is 5.69 Å². The lowest BCUT2D eigenvalue weighted by molar-refractivity contribution is 0.596. The summed E-state index contributed by atoms with van der Waals surface area (Å²) in [5.74, 6) is 0. The van der Waals surface area contributed by atoms with E-state index in [9.17, 15) is 0 Å². The predicted octanol–water partition coefficient (Wildman–Crippen LogP) is 4.59. The van der Waals surface area contributed by atoms with Crippen LogP contribution in [0.1, 0.15) is 33.3 Å². The van der Waals surface area contributed by atoms with Crippen LogP contribution in [0.25, 0.3) is 10.8 Å². The first-order valence-electron chi connectivity index (χ1n) is 6.68. The van der Waals surface area contributed by atoms with Gasteiger partial charge in [-0.2, -0.15) is 0 Å². The van der Waals surface area contributed by atoms with Crippen molar-refractivity contribution < 1.29 is 0 Å². The van der Waals surface area contributed by atoms with Crippen LogP contribution in [0.3, 0.4) is 0 Å². The van der Waals surface area contributed by atoms with Gasteiger partial charge in [-0.05, 0) is 40.8 Å². The molecule has 2 aromatic rings. The third-order valence-electron chi connectivity index (χ3n) is 3.57. The van der Waals surface area contributed by atoms with E-state index in [0.717, 1.165) is 6.54 Å². The lowest BCUT2D eigenvalue weighted by atomic mass is 9.83. The van der Waals surface area contributed by atoms with Crippen LogP contribution in [-0.4, -0.2) is 13.6 Å². The van der Waals surface area contributed by atoms with Crippen molar-refractivity contribution in [3.63, 3.8) is 0 Å². The van der Waals surface area contributed by atoms with E-state index >= 15 is 0 Å². The highest BCUT2D eigenvalue weighted by Crippen LogP contribution is 2.33. The third-order valence-corrected chi connectivity index (χ3v) is 3.57. The second kappa shape index (κ2) is 4.64. The molecular formula is C17H23N. The maximum atomic E-state index is 2.34. The number of hydrogen-bond donors (Lipinski definition) is 0. The number of fused-ring (bicyclic) bond motifs is 1. The Labute approximate surface area is 110 Å². The molecular weight excluding hydrogens is 218 g/mol. The minimum Gasteiger partial charge on any atom is -0.375 e. The number of nitrogens with zero attached hydrogens (tertiary/aromatic N) is 1. The molecule has 0 amide bonds. The first-order chi connectivity index (χ1) is 8.43. The Hall–Kier alpha value is -1.50. The highest BCUT2D eigenvalue weighted by atomic mass is 15.1. The van der Waals surface area contributed by atoms with Crippen molar-refractivity contribution in [3.8, 4) is 0 Å². The molecule has 0 aliphatic rings. The Bertz CT molecular complexity index is 549. The summed E-state index contributed by atoms with van der Waals surface area (Å²) in [6.45, 7) is 10.1. The highest BCUT2D eigenvalue weighted by molar-refractivity contribution is 5.90. The maximum absolute atomic E-state index is 2.34. The number of benzene rings is 2. The van der Waals surface area contributed by atoms with Gasteiger partial charge < -0.3 is 4.90 Å². The topological polar surface area (TPSA) is 3.24 Å². The first-order valence-corrected chi connectivity index (χ1v) is 6.68. The van der Waals surface area contributed by atoms with Gasteiger partial charge in [0.2, 0.25) is 0 Å². The Morgan fingerprint density at radius 1 is 1.06 bits per heavy atom. The van der Waals surface area contributed by atoms with Gasteiger partial charge in [0.05, 0.1) is 0 Å². The Morgan fingerprint density at radius 2 is 1.72 bits per heavy atom. The molecule has 0 aromatic heterocycles. The molecule has 96 valence electrons. The van der Waals surface area contributed by atoms with Crippen LogP contribution in [0.2, 0.25) is 0 Å². The van der Waals surface area contributed by atoms with E-state index in [1.165, 1.54) is 22.0 Å². The molecule has 0 saturated heterocycles. The fourth-order valence-electron chi connectivity index (χ4n) is 2.32. The summed E-state index contributed by atoms with van der Waals surface area (Å²) >= 11 is 0. The Morgan fingerprint density at radius 3 is 2.33 bits per heavy atom. The van der Waals surface area contributed by atoms with Crippen molar-refractivity contribution in [2.75, 3.05) is 18.5 Å². The molecule has 2 aromatic carbocycles. The molecule has 0 fully saturated rings. The standard InChI is InChI=1S/C17H23N/c1-6-18(5)14-11-13-9-7-8-10-15(13)16(12-14)17(2,3)4/h7-12H,6H2,1-5H3. The zero-order valence-electron chi connectivity index (χ0n) is 12.1. The molecule has 2 rings (SSSR count). The van der Waals surface area contributed by atoms with Crippen LogP contribution in [-0.2, 0) is 5.41 Å². The number of rotatable bonds is 2. The van der Waals surface area contributed by atoms with Crippen molar-refractivity contribution in [3.05, 3.63) is 42.0 Å². The van der Waals surface area contributed by atoms with E-state index in [1.54, 1.807) is 0 Å². The third kappa shape index (κ3) is 2.35. The predicted molar refractivity (Wildman–Crippen MR) is 81.6 cm³/mol. The van der Waals surface area contributed by atoms with Gasteiger partial charge >= 0.3 is 0 Å². The second-order valence-electron chi connectivity index (χ2n) is 5.98. The van der Waals surface area contributed by atoms with Crippen molar-refractivity contribution >= 4 is 16.5 Å². The molecule has 0 saturated carbocycles. The van der Waals surface area contributed by atoms with E-state index in [2.05, 4.69) is 76.0 Å². The van der Waals surface area contributed by atoms with Crippen LogP contribution in [0, 0.1) is 0 Å². The van der Waals surface area contributed by atoms with Crippen LogP contribution < -0.4 is 4.90 Å². The Kier molecular flexibility index (Phi) is 3.34. The molecule has 1 nitrogen and oxygen atoms in total. The van der Waals surface area contributed by atoms with Crippen molar-refractivity contribution in [1.29, 1.82) is 0 Å². The average molecular weight is 241 g/mol. The minimum absolute atomic E-state index is 0.171. The highest BCUT2D eigenvalue weighted by Gasteiger charge is 2.18. The Balaban J connectivity index is 2.73. The van der Waals surface area contributed by atoms with Crippen LogP contribution >= 0.6 is 0 Å².